The Labute approximate surface area is 177 Å². The van der Waals surface area contributed by atoms with Gasteiger partial charge in [-0.25, -0.2) is 9.36 Å². The summed E-state index contributed by atoms with van der Waals surface area (Å²) >= 11 is 0. The summed E-state index contributed by atoms with van der Waals surface area (Å²) in [5.74, 6) is 0.974. The number of carbonyl (C=O) groups excluding carboxylic acids is 1. The van der Waals surface area contributed by atoms with Crippen LogP contribution >= 0.6 is 0 Å². The second kappa shape index (κ2) is 8.02. The van der Waals surface area contributed by atoms with Crippen molar-refractivity contribution < 1.29 is 14.3 Å². The van der Waals surface area contributed by atoms with Crippen LogP contribution in [0.5, 0.6) is 5.75 Å². The smallest absolute Gasteiger partial charge is 0.340 e. The Bertz CT molecular complexity index is 1340. The fraction of sp³-hybridized carbons (Fsp3) is 0.227. The Morgan fingerprint density at radius 3 is 2.48 bits per heavy atom. The highest BCUT2D eigenvalue weighted by Crippen LogP contribution is 2.33. The van der Waals surface area contributed by atoms with Gasteiger partial charge in [0.05, 0.1) is 36.4 Å². The molecule has 0 aliphatic rings. The van der Waals surface area contributed by atoms with Crippen molar-refractivity contribution in [1.82, 2.24) is 24.7 Å². The third-order valence-electron chi connectivity index (χ3n) is 5.06. The van der Waals surface area contributed by atoms with E-state index in [1.165, 1.54) is 11.7 Å². The average molecular weight is 419 g/mol. The number of carbonyl (C=O) groups is 1. The van der Waals surface area contributed by atoms with Crippen LogP contribution in [0.3, 0.4) is 0 Å². The molecule has 1 aromatic carbocycles. The zero-order valence-corrected chi connectivity index (χ0v) is 17.6. The van der Waals surface area contributed by atoms with Gasteiger partial charge in [0, 0.05) is 18.2 Å². The molecule has 4 rings (SSSR count). The Morgan fingerprint density at radius 2 is 1.87 bits per heavy atom. The number of benzene rings is 1. The van der Waals surface area contributed by atoms with E-state index >= 15 is 0 Å². The molecular formula is C22H21N5O4. The molecule has 0 spiro atoms. The number of aromatic amines is 1. The van der Waals surface area contributed by atoms with E-state index < -0.39 is 5.97 Å². The van der Waals surface area contributed by atoms with Crippen LogP contribution in [0.4, 0.5) is 0 Å². The molecule has 0 amide bonds. The molecule has 0 bridgehead atoms. The van der Waals surface area contributed by atoms with E-state index in [-0.39, 0.29) is 22.5 Å². The molecule has 1 N–H and O–H groups in total. The van der Waals surface area contributed by atoms with E-state index in [1.54, 1.807) is 50.6 Å². The first-order valence-electron chi connectivity index (χ1n) is 9.68. The summed E-state index contributed by atoms with van der Waals surface area (Å²) in [5.41, 5.74) is 1.89. The highest BCUT2D eigenvalue weighted by atomic mass is 16.5. The molecule has 158 valence electrons. The number of aryl methyl sites for hydroxylation is 2. The van der Waals surface area contributed by atoms with Crippen molar-refractivity contribution in [1.29, 1.82) is 0 Å². The summed E-state index contributed by atoms with van der Waals surface area (Å²) in [5, 5.41) is 7.23. The lowest BCUT2D eigenvalue weighted by Gasteiger charge is -2.15. The van der Waals surface area contributed by atoms with Gasteiger partial charge in [-0.3, -0.25) is 14.9 Å². The molecule has 4 aromatic rings. The fourth-order valence-electron chi connectivity index (χ4n) is 3.50. The van der Waals surface area contributed by atoms with Crippen molar-refractivity contribution in [3.05, 3.63) is 64.0 Å². The van der Waals surface area contributed by atoms with Crippen LogP contribution in [0.2, 0.25) is 0 Å². The minimum atomic E-state index is -0.571. The van der Waals surface area contributed by atoms with Gasteiger partial charge in [-0.05, 0) is 30.7 Å². The number of hydrogen-bond donors (Lipinski definition) is 1. The number of pyridine rings is 2. The summed E-state index contributed by atoms with van der Waals surface area (Å²) in [6.45, 7) is 3.65. The lowest BCUT2D eigenvalue weighted by Crippen LogP contribution is -2.21. The number of rotatable bonds is 5. The Balaban J connectivity index is 2.09. The van der Waals surface area contributed by atoms with Gasteiger partial charge in [0.15, 0.2) is 0 Å². The van der Waals surface area contributed by atoms with Crippen molar-refractivity contribution in [3.8, 4) is 22.8 Å². The van der Waals surface area contributed by atoms with Gasteiger partial charge in [0.1, 0.15) is 11.6 Å². The van der Waals surface area contributed by atoms with Crippen LogP contribution in [-0.4, -0.2) is 44.9 Å². The Hall–Kier alpha value is -4.01. The van der Waals surface area contributed by atoms with Gasteiger partial charge >= 0.3 is 5.97 Å². The molecule has 0 aliphatic carbocycles. The predicted molar refractivity (Wildman–Crippen MR) is 115 cm³/mol. The number of nitrogens with one attached hydrogen (secondary N) is 1. The summed E-state index contributed by atoms with van der Waals surface area (Å²) in [6, 6.07) is 8.82. The molecule has 0 aliphatic heterocycles. The second-order valence-corrected chi connectivity index (χ2v) is 6.85. The molecule has 9 nitrogen and oxygen atoms in total. The molecule has 3 heterocycles. The quantitative estimate of drug-likeness (QED) is 0.495. The number of nitrogens with zero attached hydrogens (tertiary/aromatic N) is 4. The maximum atomic E-state index is 13.6. The van der Waals surface area contributed by atoms with Gasteiger partial charge in [-0.2, -0.15) is 4.98 Å². The van der Waals surface area contributed by atoms with Crippen molar-refractivity contribution in [2.75, 3.05) is 14.2 Å². The SMILES string of the molecule is CCc1nc(-n2ccc3nc(C)c(C(=O)OC)c(-c4ccc(OC)cc4)c3c2=O)n[nH]1. The number of methoxy groups -OCH3 is 2. The number of hydrogen-bond acceptors (Lipinski definition) is 7. The van der Waals surface area contributed by atoms with E-state index in [4.69, 9.17) is 9.47 Å². The van der Waals surface area contributed by atoms with Crippen LogP contribution in [-0.2, 0) is 11.2 Å². The van der Waals surface area contributed by atoms with Crippen LogP contribution in [0, 0.1) is 6.92 Å². The number of esters is 1. The van der Waals surface area contributed by atoms with Crippen molar-refractivity contribution >= 4 is 16.9 Å². The zero-order valence-electron chi connectivity index (χ0n) is 17.6. The normalized spacial score (nSPS) is 11.0. The molecule has 0 atom stereocenters. The summed E-state index contributed by atoms with van der Waals surface area (Å²) in [6.07, 6.45) is 2.23. The molecule has 0 saturated heterocycles. The lowest BCUT2D eigenvalue weighted by molar-refractivity contribution is 0.0600. The monoisotopic (exact) mass is 419 g/mol. The van der Waals surface area contributed by atoms with Crippen molar-refractivity contribution in [3.63, 3.8) is 0 Å². The average Bonchev–Trinajstić information content (AvgIpc) is 3.27. The Morgan fingerprint density at radius 1 is 1.13 bits per heavy atom. The van der Waals surface area contributed by atoms with Gasteiger partial charge in [0.25, 0.3) is 11.5 Å². The lowest BCUT2D eigenvalue weighted by atomic mass is 9.95. The maximum Gasteiger partial charge on any atom is 0.340 e. The molecule has 9 heteroatoms. The van der Waals surface area contributed by atoms with Gasteiger partial charge < -0.3 is 9.47 Å². The summed E-state index contributed by atoms with van der Waals surface area (Å²) < 4.78 is 11.6. The highest BCUT2D eigenvalue weighted by Gasteiger charge is 2.24. The maximum absolute atomic E-state index is 13.6. The molecule has 3 aromatic heterocycles. The third kappa shape index (κ3) is 3.43. The van der Waals surface area contributed by atoms with E-state index in [2.05, 4.69) is 20.2 Å². The van der Waals surface area contributed by atoms with Crippen molar-refractivity contribution in [2.45, 2.75) is 20.3 Å². The zero-order chi connectivity index (χ0) is 22.1. The first-order chi connectivity index (χ1) is 15.0. The molecule has 0 fully saturated rings. The van der Waals surface area contributed by atoms with E-state index in [1.807, 2.05) is 6.92 Å². The standard InChI is InChI=1S/C22H21N5O4/c1-5-16-24-22(26-25-16)27-11-10-15-19(20(27)28)18(13-6-8-14(30-3)9-7-13)17(12(2)23-15)21(29)31-4/h6-11H,5H2,1-4H3,(H,24,25,26). The van der Waals surface area contributed by atoms with Gasteiger partial charge in [0.2, 0.25) is 0 Å². The van der Waals surface area contributed by atoms with Crippen LogP contribution < -0.4 is 10.3 Å². The van der Waals surface area contributed by atoms with E-state index in [0.717, 1.165) is 0 Å². The fourth-order valence-corrected chi connectivity index (χ4v) is 3.50. The Kier molecular flexibility index (Phi) is 5.24. The second-order valence-electron chi connectivity index (χ2n) is 6.85. The molecular weight excluding hydrogens is 398 g/mol. The summed E-state index contributed by atoms with van der Waals surface area (Å²) in [4.78, 5) is 35.1. The van der Waals surface area contributed by atoms with Gasteiger partial charge in [-0.15, -0.1) is 5.10 Å². The third-order valence-corrected chi connectivity index (χ3v) is 5.06. The molecule has 0 saturated carbocycles. The largest absolute Gasteiger partial charge is 0.497 e. The number of H-pyrrole nitrogens is 1. The first-order valence-corrected chi connectivity index (χ1v) is 9.68. The van der Waals surface area contributed by atoms with E-state index in [0.29, 0.717) is 40.3 Å². The van der Waals surface area contributed by atoms with E-state index in [9.17, 15) is 9.59 Å². The topological polar surface area (TPSA) is 112 Å². The first kappa shape index (κ1) is 20.3. The molecule has 0 unspecified atom stereocenters. The van der Waals surface area contributed by atoms with Crippen LogP contribution in [0.25, 0.3) is 28.0 Å². The van der Waals surface area contributed by atoms with Crippen LogP contribution in [0.1, 0.15) is 28.8 Å². The number of ether oxygens (including phenoxy) is 2. The number of aromatic nitrogens is 5. The predicted octanol–water partition coefficient (Wildman–Crippen LogP) is 2.84. The highest BCUT2D eigenvalue weighted by molar-refractivity contribution is 6.07. The minimum Gasteiger partial charge on any atom is -0.497 e. The summed E-state index contributed by atoms with van der Waals surface area (Å²) in [7, 11) is 2.87. The minimum absolute atomic E-state index is 0.227. The number of fused-ring (bicyclic) bond motifs is 1. The van der Waals surface area contributed by atoms with Gasteiger partial charge in [-0.1, -0.05) is 19.1 Å². The molecule has 31 heavy (non-hydrogen) atoms. The van der Waals surface area contributed by atoms with Crippen molar-refractivity contribution in [2.24, 2.45) is 0 Å². The van der Waals surface area contributed by atoms with Crippen LogP contribution in [0.15, 0.2) is 41.3 Å². The molecule has 0 radical (unpaired) electrons.